The number of benzene rings is 9. The highest BCUT2D eigenvalue weighted by atomic mass is 15.0. The van der Waals surface area contributed by atoms with E-state index in [0.29, 0.717) is 17.5 Å². The lowest BCUT2D eigenvalue weighted by Gasteiger charge is -2.16. The third kappa shape index (κ3) is 4.66. The number of nitrogens with zero attached hydrogens (tertiary/aromatic N) is 4. The molecule has 246 valence electrons. The maximum absolute atomic E-state index is 5.40. The minimum atomic E-state index is 0.634. The molecular formula is C49H30N4. The lowest BCUT2D eigenvalue weighted by Crippen LogP contribution is -2.02. The van der Waals surface area contributed by atoms with Crippen LogP contribution in [0.25, 0.3) is 105 Å². The van der Waals surface area contributed by atoms with Gasteiger partial charge in [0.15, 0.2) is 17.5 Å². The van der Waals surface area contributed by atoms with Crippen LogP contribution in [-0.2, 0) is 0 Å². The summed E-state index contributed by atoms with van der Waals surface area (Å²) >= 11 is 0. The first-order chi connectivity index (χ1) is 26.3. The van der Waals surface area contributed by atoms with Crippen molar-refractivity contribution in [2.24, 2.45) is 0 Å². The van der Waals surface area contributed by atoms with Crippen LogP contribution in [0.1, 0.15) is 0 Å². The van der Waals surface area contributed by atoms with E-state index in [9.17, 15) is 0 Å². The van der Waals surface area contributed by atoms with Crippen LogP contribution in [0.5, 0.6) is 0 Å². The molecule has 0 saturated heterocycles. The fourth-order valence-electron chi connectivity index (χ4n) is 8.19. The van der Waals surface area contributed by atoms with Gasteiger partial charge in [0.05, 0.1) is 11.0 Å². The first-order valence-electron chi connectivity index (χ1n) is 18.0. The Morgan fingerprint density at radius 2 is 0.811 bits per heavy atom. The topological polar surface area (TPSA) is 43.6 Å². The number of aromatic nitrogens is 4. The van der Waals surface area contributed by atoms with Gasteiger partial charge < -0.3 is 4.57 Å². The zero-order valence-corrected chi connectivity index (χ0v) is 28.6. The van der Waals surface area contributed by atoms with E-state index >= 15 is 0 Å². The molecule has 0 aliphatic heterocycles. The summed E-state index contributed by atoms with van der Waals surface area (Å²) in [4.78, 5) is 15.9. The van der Waals surface area contributed by atoms with Crippen LogP contribution in [-0.4, -0.2) is 19.5 Å². The molecule has 2 heterocycles. The van der Waals surface area contributed by atoms with Gasteiger partial charge in [-0.15, -0.1) is 0 Å². The van der Waals surface area contributed by atoms with Crippen LogP contribution in [0.2, 0.25) is 0 Å². The molecule has 9 aromatic carbocycles. The van der Waals surface area contributed by atoms with Gasteiger partial charge in [0, 0.05) is 33.2 Å². The van der Waals surface area contributed by atoms with Crippen LogP contribution >= 0.6 is 0 Å². The van der Waals surface area contributed by atoms with E-state index < -0.39 is 0 Å². The Hall–Kier alpha value is -7.17. The SMILES string of the molecule is c1ccc(-c2nc(-c3cc(-n4c5ccccc5c5ccccc54)cc4ccccc34)nc(-c3cc4c5ccccc5ccc4c4ccccc34)n2)cc1. The third-order valence-corrected chi connectivity index (χ3v) is 10.6. The van der Waals surface area contributed by atoms with Gasteiger partial charge in [-0.05, 0) is 73.4 Å². The predicted octanol–water partition coefficient (Wildman–Crippen LogP) is 12.6. The number of hydrogen-bond acceptors (Lipinski definition) is 3. The monoisotopic (exact) mass is 674 g/mol. The molecule has 0 unspecified atom stereocenters. The Labute approximate surface area is 305 Å². The van der Waals surface area contributed by atoms with Gasteiger partial charge in [0.1, 0.15) is 0 Å². The van der Waals surface area contributed by atoms with E-state index in [0.717, 1.165) is 49.6 Å². The molecule has 0 N–H and O–H groups in total. The molecule has 0 radical (unpaired) electrons. The van der Waals surface area contributed by atoms with Crippen LogP contribution in [0, 0.1) is 0 Å². The second-order valence-electron chi connectivity index (χ2n) is 13.6. The molecule has 0 atom stereocenters. The first kappa shape index (κ1) is 29.5. The highest BCUT2D eigenvalue weighted by Crippen LogP contribution is 2.40. The van der Waals surface area contributed by atoms with Crippen LogP contribution in [0.4, 0.5) is 0 Å². The minimum Gasteiger partial charge on any atom is -0.309 e. The maximum atomic E-state index is 5.40. The highest BCUT2D eigenvalue weighted by molar-refractivity contribution is 6.20. The molecule has 4 nitrogen and oxygen atoms in total. The molecule has 0 spiro atoms. The van der Waals surface area contributed by atoms with Gasteiger partial charge >= 0.3 is 0 Å². The summed E-state index contributed by atoms with van der Waals surface area (Å²) in [6.07, 6.45) is 0. The van der Waals surface area contributed by atoms with Crippen molar-refractivity contribution >= 4 is 64.9 Å². The Morgan fingerprint density at radius 1 is 0.302 bits per heavy atom. The molecule has 4 heteroatoms. The van der Waals surface area contributed by atoms with E-state index in [1.54, 1.807) is 0 Å². The fraction of sp³-hybridized carbons (Fsp3) is 0. The Balaban J connectivity index is 1.23. The van der Waals surface area contributed by atoms with Crippen molar-refractivity contribution < 1.29 is 0 Å². The molecule has 53 heavy (non-hydrogen) atoms. The Morgan fingerprint density at radius 3 is 1.53 bits per heavy atom. The molecule has 11 rings (SSSR count). The normalized spacial score (nSPS) is 11.8. The van der Waals surface area contributed by atoms with Crippen molar-refractivity contribution in [3.05, 3.63) is 182 Å². The third-order valence-electron chi connectivity index (χ3n) is 10.6. The van der Waals surface area contributed by atoms with Crippen molar-refractivity contribution in [3.63, 3.8) is 0 Å². The summed E-state index contributed by atoms with van der Waals surface area (Å²) < 4.78 is 2.36. The molecule has 0 aliphatic carbocycles. The maximum Gasteiger partial charge on any atom is 0.164 e. The second-order valence-corrected chi connectivity index (χ2v) is 13.6. The van der Waals surface area contributed by atoms with E-state index in [1.165, 1.54) is 37.7 Å². The van der Waals surface area contributed by atoms with Crippen molar-refractivity contribution in [2.75, 3.05) is 0 Å². The Bertz CT molecular complexity index is 3180. The lowest BCUT2D eigenvalue weighted by atomic mass is 9.93. The van der Waals surface area contributed by atoms with Crippen molar-refractivity contribution in [3.8, 4) is 39.9 Å². The van der Waals surface area contributed by atoms with E-state index in [4.69, 9.17) is 15.0 Å². The summed E-state index contributed by atoms with van der Waals surface area (Å²) in [5.41, 5.74) is 6.25. The van der Waals surface area contributed by atoms with Crippen molar-refractivity contribution in [1.29, 1.82) is 0 Å². The summed E-state index contributed by atoms with van der Waals surface area (Å²) in [5.74, 6) is 1.92. The van der Waals surface area contributed by atoms with Crippen molar-refractivity contribution in [2.45, 2.75) is 0 Å². The molecular weight excluding hydrogens is 645 g/mol. The Kier molecular flexibility index (Phi) is 6.52. The van der Waals surface area contributed by atoms with Gasteiger partial charge in [0.2, 0.25) is 0 Å². The van der Waals surface area contributed by atoms with E-state index in [1.807, 2.05) is 18.2 Å². The average molecular weight is 675 g/mol. The van der Waals surface area contributed by atoms with Gasteiger partial charge in [-0.3, -0.25) is 0 Å². The van der Waals surface area contributed by atoms with Gasteiger partial charge in [0.25, 0.3) is 0 Å². The molecule has 0 fully saturated rings. The van der Waals surface area contributed by atoms with Crippen molar-refractivity contribution in [1.82, 2.24) is 19.5 Å². The van der Waals surface area contributed by atoms with Crippen LogP contribution in [0.15, 0.2) is 182 Å². The number of rotatable bonds is 4. The quantitative estimate of drug-likeness (QED) is 0.175. The minimum absolute atomic E-state index is 0.634. The average Bonchev–Trinajstić information content (AvgIpc) is 3.57. The summed E-state index contributed by atoms with van der Waals surface area (Å²) in [5, 5.41) is 11.7. The van der Waals surface area contributed by atoms with Gasteiger partial charge in [-0.25, -0.2) is 15.0 Å². The number of fused-ring (bicyclic) bond motifs is 9. The number of para-hydroxylation sites is 2. The zero-order chi connectivity index (χ0) is 34.9. The van der Waals surface area contributed by atoms with E-state index in [2.05, 4.69) is 168 Å². The lowest BCUT2D eigenvalue weighted by molar-refractivity contribution is 1.08. The molecule has 2 aromatic heterocycles. The zero-order valence-electron chi connectivity index (χ0n) is 28.6. The largest absolute Gasteiger partial charge is 0.309 e. The second kappa shape index (κ2) is 11.7. The summed E-state index contributed by atoms with van der Waals surface area (Å²) in [6, 6.07) is 64.5. The molecule has 0 saturated carbocycles. The van der Waals surface area contributed by atoms with Gasteiger partial charge in [-0.1, -0.05) is 152 Å². The summed E-state index contributed by atoms with van der Waals surface area (Å²) in [7, 11) is 0. The van der Waals surface area contributed by atoms with Crippen LogP contribution in [0.3, 0.4) is 0 Å². The predicted molar refractivity (Wildman–Crippen MR) is 220 cm³/mol. The smallest absolute Gasteiger partial charge is 0.164 e. The molecule has 0 amide bonds. The standard InChI is InChI=1S/C49H30N4/c1-2-15-32(16-3-1)47-50-48(52-49(51-47)44-30-42-35-18-6-4-14-31(35)26-27-39(42)37-20-8-9-21-38(37)44)43-29-34(28-33-17-5-7-19-36(33)43)53-45-24-12-10-22-40(45)41-23-11-13-25-46(41)53/h1-30H. The molecule has 11 aromatic rings. The highest BCUT2D eigenvalue weighted by Gasteiger charge is 2.20. The van der Waals surface area contributed by atoms with Gasteiger partial charge in [-0.2, -0.15) is 0 Å². The summed E-state index contributed by atoms with van der Waals surface area (Å²) in [6.45, 7) is 0. The molecule has 0 bridgehead atoms. The fourth-order valence-corrected chi connectivity index (χ4v) is 8.19. The molecule has 0 aliphatic rings. The van der Waals surface area contributed by atoms with E-state index in [-0.39, 0.29) is 0 Å². The van der Waals surface area contributed by atoms with Crippen LogP contribution < -0.4 is 0 Å². The first-order valence-corrected chi connectivity index (χ1v) is 18.0. The number of hydrogen-bond donors (Lipinski definition) is 0.